The summed E-state index contributed by atoms with van der Waals surface area (Å²) in [5, 5.41) is 21.5. The molecule has 1 amide bonds. The number of carbonyl (C=O) groups is 2. The van der Waals surface area contributed by atoms with E-state index in [9.17, 15) is 24.4 Å². The Kier molecular flexibility index (Phi) is 9.21. The number of carbonyl (C=O) groups excluding carboxylic acids is 2. The number of benzene rings is 2. The maximum atomic E-state index is 12.6. The molecule has 0 saturated heterocycles. The second kappa shape index (κ2) is 11.2. The summed E-state index contributed by atoms with van der Waals surface area (Å²) in [5.74, 6) is -0.648. The van der Waals surface area contributed by atoms with Crippen LogP contribution in [0.2, 0.25) is 0 Å². The molecule has 0 fully saturated rings. The SMILES string of the molecule is CCOC(=O)CC(C)NC(=O)c1cc(Oc2c(Br)cc(C(C)(O)[PH+]=O)cc2Br)ccc1O. The summed E-state index contributed by atoms with van der Waals surface area (Å²) in [6.07, 6.45) is -0.00349. The fourth-order valence-electron chi connectivity index (χ4n) is 2.70. The summed E-state index contributed by atoms with van der Waals surface area (Å²) < 4.78 is 23.0. The van der Waals surface area contributed by atoms with Gasteiger partial charge in [-0.05, 0) is 76.0 Å². The molecule has 32 heavy (non-hydrogen) atoms. The number of aliphatic hydroxyl groups is 1. The summed E-state index contributed by atoms with van der Waals surface area (Å²) >= 11 is 6.74. The van der Waals surface area contributed by atoms with E-state index in [0.717, 1.165) is 0 Å². The van der Waals surface area contributed by atoms with Crippen molar-refractivity contribution in [2.75, 3.05) is 6.61 Å². The fourth-order valence-corrected chi connectivity index (χ4v) is 4.31. The van der Waals surface area contributed by atoms with Gasteiger partial charge in [-0.15, -0.1) is 0 Å². The van der Waals surface area contributed by atoms with Gasteiger partial charge in [0.25, 0.3) is 11.2 Å². The molecule has 2 aromatic carbocycles. The maximum absolute atomic E-state index is 12.6. The van der Waals surface area contributed by atoms with Crippen molar-refractivity contribution in [2.45, 2.75) is 38.6 Å². The van der Waals surface area contributed by atoms with Gasteiger partial charge < -0.3 is 25.0 Å². The van der Waals surface area contributed by atoms with Crippen molar-refractivity contribution in [3.63, 3.8) is 0 Å². The van der Waals surface area contributed by atoms with Crippen LogP contribution in [0.5, 0.6) is 17.2 Å². The minimum Gasteiger partial charge on any atom is -0.507 e. The van der Waals surface area contributed by atoms with Gasteiger partial charge in [-0.1, -0.05) is 4.57 Å². The number of esters is 1. The Morgan fingerprint density at radius 1 is 1.22 bits per heavy atom. The molecule has 0 aromatic heterocycles. The molecule has 0 spiro atoms. The van der Waals surface area contributed by atoms with Gasteiger partial charge in [-0.3, -0.25) is 9.59 Å². The van der Waals surface area contributed by atoms with E-state index in [0.29, 0.717) is 20.3 Å². The Hall–Kier alpha value is -2.00. The zero-order valence-electron chi connectivity index (χ0n) is 17.6. The van der Waals surface area contributed by atoms with Crippen LogP contribution in [-0.4, -0.2) is 34.7 Å². The van der Waals surface area contributed by atoms with E-state index in [1.807, 2.05) is 0 Å². The zero-order valence-corrected chi connectivity index (χ0v) is 21.7. The first kappa shape index (κ1) is 26.3. The second-order valence-electron chi connectivity index (χ2n) is 7.11. The molecular weight excluding hydrogens is 569 g/mol. The highest BCUT2D eigenvalue weighted by molar-refractivity contribution is 9.11. The van der Waals surface area contributed by atoms with E-state index in [4.69, 9.17) is 9.47 Å². The van der Waals surface area contributed by atoms with Crippen molar-refractivity contribution < 1.29 is 33.8 Å². The molecule has 0 radical (unpaired) electrons. The van der Waals surface area contributed by atoms with Gasteiger partial charge in [0.1, 0.15) is 11.5 Å². The van der Waals surface area contributed by atoms with Gasteiger partial charge >= 0.3 is 14.4 Å². The first-order chi connectivity index (χ1) is 15.0. The predicted octanol–water partition coefficient (Wildman–Crippen LogP) is 4.97. The van der Waals surface area contributed by atoms with E-state index in [1.165, 1.54) is 25.1 Å². The Bertz CT molecular complexity index is 1010. The third-order valence-corrected chi connectivity index (χ3v) is 6.21. The van der Waals surface area contributed by atoms with Crippen LogP contribution in [0, 0.1) is 0 Å². The number of amides is 1. The minimum atomic E-state index is -1.52. The van der Waals surface area contributed by atoms with Crippen molar-refractivity contribution >= 4 is 52.2 Å². The van der Waals surface area contributed by atoms with Crippen molar-refractivity contribution in [2.24, 2.45) is 0 Å². The van der Waals surface area contributed by atoms with Gasteiger partial charge in [0, 0.05) is 18.5 Å². The quantitative estimate of drug-likeness (QED) is 0.278. The molecule has 2 aromatic rings. The van der Waals surface area contributed by atoms with E-state index in [1.54, 1.807) is 26.0 Å². The lowest BCUT2D eigenvalue weighted by Crippen LogP contribution is -2.34. The predicted molar refractivity (Wildman–Crippen MR) is 127 cm³/mol. The van der Waals surface area contributed by atoms with Crippen molar-refractivity contribution in [1.82, 2.24) is 5.32 Å². The maximum Gasteiger partial charge on any atom is 0.364 e. The molecule has 0 aliphatic heterocycles. The molecule has 11 heteroatoms. The lowest BCUT2D eigenvalue weighted by Gasteiger charge is -2.16. The van der Waals surface area contributed by atoms with Gasteiger partial charge in [-0.2, -0.15) is 0 Å². The number of phenolic OH excluding ortho intramolecular Hbond substituents is 1. The third kappa shape index (κ3) is 6.75. The molecule has 0 heterocycles. The average molecular weight is 592 g/mol. The molecule has 3 atom stereocenters. The highest BCUT2D eigenvalue weighted by atomic mass is 79.9. The molecule has 3 N–H and O–H groups in total. The van der Waals surface area contributed by atoms with Crippen LogP contribution in [-0.2, 0) is 19.4 Å². The fraction of sp³-hybridized carbons (Fsp3) is 0.333. The zero-order chi connectivity index (χ0) is 24.1. The highest BCUT2D eigenvalue weighted by Crippen LogP contribution is 2.42. The van der Waals surface area contributed by atoms with E-state index >= 15 is 0 Å². The number of nitrogens with one attached hydrogen (secondary N) is 1. The molecule has 2 rings (SSSR count). The second-order valence-corrected chi connectivity index (χ2v) is 9.99. The van der Waals surface area contributed by atoms with E-state index in [-0.39, 0.29) is 30.1 Å². The molecule has 172 valence electrons. The lowest BCUT2D eigenvalue weighted by atomic mass is 10.1. The average Bonchev–Trinajstić information content (AvgIpc) is 2.71. The Morgan fingerprint density at radius 3 is 2.41 bits per heavy atom. The van der Waals surface area contributed by atoms with E-state index < -0.39 is 31.7 Å². The first-order valence-corrected chi connectivity index (χ1v) is 12.1. The van der Waals surface area contributed by atoms with E-state index in [2.05, 4.69) is 37.2 Å². The number of aromatic hydroxyl groups is 1. The van der Waals surface area contributed by atoms with Crippen LogP contribution in [0.3, 0.4) is 0 Å². The van der Waals surface area contributed by atoms with Crippen molar-refractivity contribution in [1.29, 1.82) is 0 Å². The minimum absolute atomic E-state index is 0.00349. The number of ether oxygens (including phenoxy) is 2. The summed E-state index contributed by atoms with van der Waals surface area (Å²) in [6.45, 7) is 5.03. The van der Waals surface area contributed by atoms with Crippen LogP contribution >= 0.6 is 40.3 Å². The third-order valence-electron chi connectivity index (χ3n) is 4.35. The number of hydrogen-bond donors (Lipinski definition) is 3. The largest absolute Gasteiger partial charge is 0.507 e. The summed E-state index contributed by atoms with van der Waals surface area (Å²) in [4.78, 5) is 24.2. The van der Waals surface area contributed by atoms with Crippen LogP contribution in [0.15, 0.2) is 39.3 Å². The van der Waals surface area contributed by atoms with Gasteiger partial charge in [0.05, 0.1) is 27.5 Å². The topological polar surface area (TPSA) is 122 Å². The van der Waals surface area contributed by atoms with Gasteiger partial charge in [0.2, 0.25) is 0 Å². The standard InChI is InChI=1S/C21H22Br2NO7P/c1-4-30-18(26)7-11(2)24-20(27)14-10-13(5-6-17(14)25)31-19-15(22)8-12(9-16(19)23)21(3,28)32-29/h5-6,8-11,25,28H,4,7H2,1-3H3,(H,24,27)/p+1. The molecule has 0 aliphatic rings. The normalized spacial score (nSPS) is 13.8. The summed E-state index contributed by atoms with van der Waals surface area (Å²) in [6, 6.07) is 6.82. The van der Waals surface area contributed by atoms with Crippen LogP contribution < -0.4 is 10.1 Å². The lowest BCUT2D eigenvalue weighted by molar-refractivity contribution is -0.143. The van der Waals surface area contributed by atoms with Gasteiger partial charge in [0.15, 0.2) is 5.75 Å². The molecule has 0 bridgehead atoms. The number of phenols is 1. The molecule has 0 saturated carbocycles. The van der Waals surface area contributed by atoms with Crippen molar-refractivity contribution in [3.05, 3.63) is 50.4 Å². The molecule has 3 unspecified atom stereocenters. The Labute approximate surface area is 203 Å². The molecular formula is C21H23Br2NO7P+. The monoisotopic (exact) mass is 590 g/mol. The summed E-state index contributed by atoms with van der Waals surface area (Å²) in [5.41, 5.74) is 0.385. The smallest absolute Gasteiger partial charge is 0.364 e. The number of hydrogen-bond acceptors (Lipinski definition) is 7. The molecule has 8 nitrogen and oxygen atoms in total. The Balaban J connectivity index is 2.23. The Morgan fingerprint density at radius 2 is 1.84 bits per heavy atom. The number of halogens is 2. The summed E-state index contributed by atoms with van der Waals surface area (Å²) in [7, 11) is -0.964. The highest BCUT2D eigenvalue weighted by Gasteiger charge is 2.33. The van der Waals surface area contributed by atoms with Crippen LogP contribution in [0.25, 0.3) is 0 Å². The van der Waals surface area contributed by atoms with Gasteiger partial charge in [-0.25, -0.2) is 0 Å². The number of rotatable bonds is 9. The van der Waals surface area contributed by atoms with Crippen LogP contribution in [0.4, 0.5) is 0 Å². The first-order valence-electron chi connectivity index (χ1n) is 9.57. The van der Waals surface area contributed by atoms with Crippen LogP contribution in [0.1, 0.15) is 43.1 Å². The molecule has 0 aliphatic carbocycles. The van der Waals surface area contributed by atoms with Crippen molar-refractivity contribution in [3.8, 4) is 17.2 Å².